The Morgan fingerprint density at radius 1 is 1.27 bits per heavy atom. The molecule has 7 nitrogen and oxygen atoms in total. The summed E-state index contributed by atoms with van der Waals surface area (Å²) in [5, 5.41) is 13.9. The Morgan fingerprint density at radius 2 is 2.06 bits per heavy atom. The van der Waals surface area contributed by atoms with Crippen molar-refractivity contribution in [2.24, 2.45) is 23.5 Å². The van der Waals surface area contributed by atoms with E-state index in [0.717, 1.165) is 16.7 Å². The number of aliphatic hydroxyl groups excluding tert-OH is 1. The lowest BCUT2D eigenvalue weighted by atomic mass is 9.90. The number of nitrogens with two attached hydrogens (primary N) is 1. The number of urea groups is 1. The van der Waals surface area contributed by atoms with E-state index in [-0.39, 0.29) is 36.4 Å². The van der Waals surface area contributed by atoms with Crippen molar-refractivity contribution in [3.63, 3.8) is 0 Å². The van der Waals surface area contributed by atoms with Gasteiger partial charge in [0.2, 0.25) is 5.91 Å². The molecule has 3 amide bonds. The van der Waals surface area contributed by atoms with E-state index in [9.17, 15) is 14.7 Å². The predicted octanol–water partition coefficient (Wildman–Crippen LogP) is 4.39. The second-order valence-corrected chi connectivity index (χ2v) is 9.97. The molecule has 1 heterocycles. The first-order valence-electron chi connectivity index (χ1n) is 10.7. The number of hydrogen-bond donors (Lipinski definition) is 3. The fourth-order valence-electron chi connectivity index (χ4n) is 4.95. The Hall–Kier alpha value is -2.94. The lowest BCUT2D eigenvalue weighted by molar-refractivity contribution is 0.100. The topological polar surface area (TPSA) is 109 Å². The molecule has 4 unspecified atom stereocenters. The number of para-hydroxylation sites is 1. The first-order chi connectivity index (χ1) is 15.9. The Morgan fingerprint density at radius 3 is 2.79 bits per heavy atom. The summed E-state index contributed by atoms with van der Waals surface area (Å²) in [7, 11) is 0. The monoisotopic (exact) mass is 482 g/mol. The molecule has 0 spiro atoms. The van der Waals surface area contributed by atoms with E-state index in [1.165, 1.54) is 16.2 Å². The van der Waals surface area contributed by atoms with E-state index in [0.29, 0.717) is 26.9 Å². The molecule has 1 fully saturated rings. The number of aromatic nitrogens is 1. The number of halogens is 1. The second kappa shape index (κ2) is 8.44. The molecule has 9 heteroatoms. The molecule has 2 bridgehead atoms. The zero-order chi connectivity index (χ0) is 23.3. The number of nitrogens with one attached hydrogen (secondary N) is 1. The smallest absolute Gasteiger partial charge is 0.328 e. The molecule has 33 heavy (non-hydrogen) atoms. The second-order valence-electron chi connectivity index (χ2n) is 8.55. The van der Waals surface area contributed by atoms with Crippen LogP contribution in [0.4, 0.5) is 15.6 Å². The summed E-state index contributed by atoms with van der Waals surface area (Å²) in [6.07, 6.45) is 5.18. The highest BCUT2D eigenvalue weighted by Crippen LogP contribution is 2.44. The maximum Gasteiger partial charge on any atom is 0.328 e. The van der Waals surface area contributed by atoms with Gasteiger partial charge in [-0.05, 0) is 55.0 Å². The van der Waals surface area contributed by atoms with Gasteiger partial charge in [0.05, 0.1) is 20.9 Å². The summed E-state index contributed by atoms with van der Waals surface area (Å²) >= 11 is 7.84. The number of amides is 3. The lowest BCUT2D eigenvalue weighted by Gasteiger charge is -2.31. The van der Waals surface area contributed by atoms with Crippen LogP contribution in [0.1, 0.15) is 22.3 Å². The van der Waals surface area contributed by atoms with E-state index in [4.69, 9.17) is 17.3 Å². The minimum Gasteiger partial charge on any atom is -0.396 e. The summed E-state index contributed by atoms with van der Waals surface area (Å²) in [6.45, 7) is 1.90. The van der Waals surface area contributed by atoms with Crippen LogP contribution in [0.3, 0.4) is 0 Å². The number of thiazole rings is 1. The van der Waals surface area contributed by atoms with E-state index in [2.05, 4.69) is 22.5 Å². The lowest BCUT2D eigenvalue weighted by Crippen LogP contribution is -2.48. The van der Waals surface area contributed by atoms with E-state index in [1.54, 1.807) is 24.3 Å². The Bertz CT molecular complexity index is 1270. The molecule has 4 atom stereocenters. The molecule has 0 saturated heterocycles. The van der Waals surface area contributed by atoms with Gasteiger partial charge in [0.1, 0.15) is 0 Å². The number of carbonyl (C=O) groups is 2. The van der Waals surface area contributed by atoms with Crippen molar-refractivity contribution in [1.29, 1.82) is 0 Å². The summed E-state index contributed by atoms with van der Waals surface area (Å²) < 4.78 is 0.736. The van der Waals surface area contributed by atoms with Crippen molar-refractivity contribution in [3.8, 4) is 0 Å². The molecule has 1 aromatic heterocycles. The molecular weight excluding hydrogens is 460 g/mol. The van der Waals surface area contributed by atoms with Crippen LogP contribution >= 0.6 is 22.9 Å². The predicted molar refractivity (Wildman–Crippen MR) is 130 cm³/mol. The van der Waals surface area contributed by atoms with Crippen LogP contribution < -0.4 is 16.0 Å². The van der Waals surface area contributed by atoms with Crippen molar-refractivity contribution in [2.45, 2.75) is 19.4 Å². The van der Waals surface area contributed by atoms with Gasteiger partial charge < -0.3 is 16.2 Å². The van der Waals surface area contributed by atoms with Crippen LogP contribution in [0.2, 0.25) is 5.02 Å². The van der Waals surface area contributed by atoms with Crippen LogP contribution in [0, 0.1) is 24.7 Å². The largest absolute Gasteiger partial charge is 0.396 e. The van der Waals surface area contributed by atoms with Crippen LogP contribution in [-0.4, -0.2) is 34.7 Å². The first kappa shape index (κ1) is 21.9. The zero-order valence-electron chi connectivity index (χ0n) is 17.9. The zero-order valence-corrected chi connectivity index (χ0v) is 19.4. The minimum atomic E-state index is -0.525. The van der Waals surface area contributed by atoms with E-state index in [1.807, 2.05) is 19.1 Å². The van der Waals surface area contributed by atoms with Crippen molar-refractivity contribution in [1.82, 2.24) is 10.3 Å². The van der Waals surface area contributed by atoms with Crippen molar-refractivity contribution < 1.29 is 14.7 Å². The highest BCUT2D eigenvalue weighted by atomic mass is 35.5. The van der Waals surface area contributed by atoms with Crippen LogP contribution in [0.5, 0.6) is 0 Å². The third kappa shape index (κ3) is 3.78. The Balaban J connectivity index is 1.57. The SMILES string of the molecule is Cc1cccc(Cl)c1N(C(=O)NC1C2C=CC(C2)C1CO)c1nc2ccc(C(N)=O)cc2s1. The molecule has 4 N–H and O–H groups in total. The maximum atomic E-state index is 13.7. The minimum absolute atomic E-state index is 0.0125. The molecule has 3 aromatic rings. The van der Waals surface area contributed by atoms with Gasteiger partial charge >= 0.3 is 6.03 Å². The number of nitrogens with zero attached hydrogens (tertiary/aromatic N) is 2. The van der Waals surface area contributed by atoms with Gasteiger partial charge in [-0.3, -0.25) is 4.79 Å². The van der Waals surface area contributed by atoms with Crippen molar-refractivity contribution >= 4 is 55.9 Å². The fraction of sp³-hybridized carbons (Fsp3) is 0.292. The number of rotatable bonds is 5. The summed E-state index contributed by atoms with van der Waals surface area (Å²) in [5.74, 6) is -0.0799. The highest BCUT2D eigenvalue weighted by molar-refractivity contribution is 7.22. The quantitative estimate of drug-likeness (QED) is 0.468. The summed E-state index contributed by atoms with van der Waals surface area (Å²) in [4.78, 5) is 31.5. The third-order valence-corrected chi connectivity index (χ3v) is 7.90. The van der Waals surface area contributed by atoms with Crippen molar-refractivity contribution in [3.05, 3.63) is 64.7 Å². The van der Waals surface area contributed by atoms with Gasteiger partial charge in [0, 0.05) is 24.1 Å². The van der Waals surface area contributed by atoms with E-state index >= 15 is 0 Å². The average molecular weight is 483 g/mol. The van der Waals surface area contributed by atoms with Gasteiger partial charge in [-0.25, -0.2) is 14.7 Å². The summed E-state index contributed by atoms with van der Waals surface area (Å²) in [6, 6.07) is 9.94. The van der Waals surface area contributed by atoms with Gasteiger partial charge in [-0.1, -0.05) is 47.2 Å². The van der Waals surface area contributed by atoms with E-state index < -0.39 is 5.91 Å². The molecule has 170 valence electrons. The van der Waals surface area contributed by atoms with Crippen LogP contribution in [-0.2, 0) is 0 Å². The fourth-order valence-corrected chi connectivity index (χ4v) is 6.26. The number of aliphatic hydroxyl groups is 1. The molecule has 0 aliphatic heterocycles. The van der Waals surface area contributed by atoms with Gasteiger partial charge in [-0.15, -0.1) is 0 Å². The molecule has 1 saturated carbocycles. The number of hydrogen-bond acceptors (Lipinski definition) is 5. The van der Waals surface area contributed by atoms with Gasteiger partial charge in [0.15, 0.2) is 5.13 Å². The van der Waals surface area contributed by atoms with Gasteiger partial charge in [0.25, 0.3) is 0 Å². The number of allylic oxidation sites excluding steroid dienone is 1. The maximum absolute atomic E-state index is 13.7. The summed E-state index contributed by atoms with van der Waals surface area (Å²) in [5.41, 5.74) is 7.82. The molecule has 2 aliphatic carbocycles. The molecule has 2 aromatic carbocycles. The molecule has 2 aliphatic rings. The molecule has 0 radical (unpaired) electrons. The number of carbonyl (C=O) groups excluding carboxylic acids is 2. The standard InChI is InChI=1S/C24H23ClN4O3S/c1-12-3-2-4-17(25)21(12)29(23(32)28-20-14-6-5-13(9-14)16(20)11-30)24-27-18-8-7-15(22(26)31)10-19(18)33-24/h2-8,10,13-14,16,20,30H,9,11H2,1H3,(H2,26,31)(H,28,32). The van der Waals surface area contributed by atoms with Crippen LogP contribution in [0.25, 0.3) is 10.2 Å². The average Bonchev–Trinajstić information content (AvgIpc) is 3.49. The number of aryl methyl sites for hydroxylation is 1. The first-order valence-corrected chi connectivity index (χ1v) is 11.9. The number of anilines is 2. The Labute approximate surface area is 199 Å². The third-order valence-electron chi connectivity index (χ3n) is 6.59. The van der Waals surface area contributed by atoms with Crippen LogP contribution in [0.15, 0.2) is 48.6 Å². The number of primary amides is 1. The number of fused-ring (bicyclic) bond motifs is 3. The molecular formula is C24H23ClN4O3S. The number of benzene rings is 2. The van der Waals surface area contributed by atoms with Crippen molar-refractivity contribution in [2.75, 3.05) is 11.5 Å². The normalized spacial score (nSPS) is 23.2. The van der Waals surface area contributed by atoms with Gasteiger partial charge in [-0.2, -0.15) is 0 Å². The molecule has 5 rings (SSSR count). The Kier molecular flexibility index (Phi) is 5.60. The highest BCUT2D eigenvalue weighted by Gasteiger charge is 2.45.